The van der Waals surface area contributed by atoms with Crippen molar-refractivity contribution < 1.29 is 13.2 Å². The van der Waals surface area contributed by atoms with E-state index in [1.165, 1.54) is 27.3 Å². The Morgan fingerprint density at radius 1 is 1.14 bits per heavy atom. The van der Waals surface area contributed by atoms with Crippen LogP contribution >= 0.6 is 34.3 Å². The number of aromatic nitrogens is 2. The Hall–Kier alpha value is -2.37. The third-order valence-corrected chi connectivity index (χ3v) is 11.1. The smallest absolute Gasteiger partial charge is 0.252 e. The van der Waals surface area contributed by atoms with Gasteiger partial charge in [0.05, 0.1) is 21.1 Å². The second-order valence-electron chi connectivity index (χ2n) is 8.92. The number of hydrogen-bond donors (Lipinski definition) is 0. The molecule has 0 N–H and O–H groups in total. The number of rotatable bonds is 6. The number of carbonyl (C=O) groups excluding carboxylic acids is 1. The summed E-state index contributed by atoms with van der Waals surface area (Å²) in [7, 11) is -3.61. The van der Waals surface area contributed by atoms with Gasteiger partial charge in [-0.05, 0) is 73.7 Å². The van der Waals surface area contributed by atoms with Gasteiger partial charge < -0.3 is 0 Å². The van der Waals surface area contributed by atoms with Crippen molar-refractivity contribution >= 4 is 65.6 Å². The number of amides is 1. The van der Waals surface area contributed by atoms with E-state index < -0.39 is 10.0 Å². The van der Waals surface area contributed by atoms with Gasteiger partial charge in [-0.15, -0.1) is 11.3 Å². The molecule has 1 fully saturated rings. The lowest BCUT2D eigenvalue weighted by molar-refractivity contribution is -0.123. The van der Waals surface area contributed by atoms with Gasteiger partial charge in [0.1, 0.15) is 4.21 Å². The fraction of sp³-hybridized carbons (Fsp3) is 0.320. The van der Waals surface area contributed by atoms with Crippen molar-refractivity contribution in [2.24, 2.45) is 5.92 Å². The first-order valence-electron chi connectivity index (χ1n) is 11.6. The number of fused-ring (bicyclic) bond motifs is 1. The Balaban J connectivity index is 1.39. The van der Waals surface area contributed by atoms with Crippen LogP contribution in [-0.2, 0) is 21.4 Å². The van der Waals surface area contributed by atoms with E-state index in [0.29, 0.717) is 28.9 Å². The van der Waals surface area contributed by atoms with Crippen LogP contribution in [0.5, 0.6) is 0 Å². The first-order chi connectivity index (χ1) is 17.2. The van der Waals surface area contributed by atoms with Gasteiger partial charge >= 0.3 is 0 Å². The number of hydrogen-bond acceptors (Lipinski definition) is 7. The van der Waals surface area contributed by atoms with Crippen LogP contribution in [0, 0.1) is 19.8 Å². The van der Waals surface area contributed by atoms with Crippen LogP contribution in [0.4, 0.5) is 5.13 Å². The second-order valence-corrected chi connectivity index (χ2v) is 13.8. The molecular weight excluding hydrogens is 536 g/mol. The summed E-state index contributed by atoms with van der Waals surface area (Å²) in [6.45, 7) is 5.05. The highest BCUT2D eigenvalue weighted by Gasteiger charge is 2.35. The largest absolute Gasteiger partial charge is 0.283 e. The summed E-state index contributed by atoms with van der Waals surface area (Å²) < 4.78 is 29.1. The van der Waals surface area contributed by atoms with E-state index in [9.17, 15) is 13.2 Å². The minimum absolute atomic E-state index is 0.0393. The van der Waals surface area contributed by atoms with Gasteiger partial charge in [-0.3, -0.25) is 14.7 Å². The standard InChI is InChI=1S/C25H25ClN4O3S3/c1-16-12-20-21(13-17(16)2)34-25(28-20)30(15-18-4-3-9-27-14-18)24(31)19-7-10-29(11-8-19)36(32,33)23-6-5-22(26)35-23/h3-6,9,12-14,19H,7-8,10-11,15H2,1-2H3. The van der Waals surface area contributed by atoms with E-state index >= 15 is 0 Å². The lowest BCUT2D eigenvalue weighted by atomic mass is 9.96. The number of thiazole rings is 1. The predicted octanol–water partition coefficient (Wildman–Crippen LogP) is 5.66. The predicted molar refractivity (Wildman–Crippen MR) is 145 cm³/mol. The summed E-state index contributed by atoms with van der Waals surface area (Å²) in [5.41, 5.74) is 4.12. The van der Waals surface area contributed by atoms with Gasteiger partial charge in [0.2, 0.25) is 5.91 Å². The topological polar surface area (TPSA) is 83.5 Å². The van der Waals surface area contributed by atoms with E-state index in [1.807, 2.05) is 12.1 Å². The van der Waals surface area contributed by atoms with Crippen molar-refractivity contribution in [3.8, 4) is 0 Å². The normalized spacial score (nSPS) is 15.4. The van der Waals surface area contributed by atoms with E-state index in [-0.39, 0.29) is 29.1 Å². The molecule has 7 nitrogen and oxygen atoms in total. The molecule has 0 bridgehead atoms. The maximum absolute atomic E-state index is 13.8. The van der Waals surface area contributed by atoms with Crippen molar-refractivity contribution in [2.75, 3.05) is 18.0 Å². The summed E-state index contributed by atoms with van der Waals surface area (Å²) in [6, 6.07) is 11.1. The lowest BCUT2D eigenvalue weighted by Gasteiger charge is -2.32. The molecule has 4 aromatic rings. The summed E-state index contributed by atoms with van der Waals surface area (Å²) >= 11 is 8.50. The number of carbonyl (C=O) groups is 1. The Bertz CT molecular complexity index is 1470. The van der Waals surface area contributed by atoms with Crippen LogP contribution in [0.3, 0.4) is 0 Å². The van der Waals surface area contributed by atoms with Crippen LogP contribution in [0.1, 0.15) is 29.5 Å². The third-order valence-electron chi connectivity index (χ3n) is 6.50. The van der Waals surface area contributed by atoms with Gasteiger partial charge in [-0.25, -0.2) is 13.4 Å². The zero-order valence-corrected chi connectivity index (χ0v) is 23.1. The van der Waals surface area contributed by atoms with Gasteiger partial charge in [0.15, 0.2) is 5.13 Å². The highest BCUT2D eigenvalue weighted by molar-refractivity contribution is 7.91. The minimum atomic E-state index is -3.61. The van der Waals surface area contributed by atoms with Crippen molar-refractivity contribution in [3.05, 3.63) is 69.8 Å². The van der Waals surface area contributed by atoms with Crippen molar-refractivity contribution in [2.45, 2.75) is 37.4 Å². The first kappa shape index (κ1) is 25.3. The molecule has 11 heteroatoms. The van der Waals surface area contributed by atoms with Crippen molar-refractivity contribution in [1.29, 1.82) is 0 Å². The summed E-state index contributed by atoms with van der Waals surface area (Å²) in [5.74, 6) is -0.335. The monoisotopic (exact) mass is 560 g/mol. The van der Waals surface area contributed by atoms with Crippen molar-refractivity contribution in [1.82, 2.24) is 14.3 Å². The molecule has 5 rings (SSSR count). The number of sulfonamides is 1. The zero-order chi connectivity index (χ0) is 25.4. The fourth-order valence-electron chi connectivity index (χ4n) is 4.32. The van der Waals surface area contributed by atoms with Gasteiger partial charge in [-0.2, -0.15) is 4.31 Å². The molecule has 0 aliphatic carbocycles. The van der Waals surface area contributed by atoms with Gasteiger partial charge in [0, 0.05) is 31.4 Å². The molecule has 1 aromatic carbocycles. The van der Waals surface area contributed by atoms with Crippen LogP contribution in [0.2, 0.25) is 4.34 Å². The lowest BCUT2D eigenvalue weighted by Crippen LogP contribution is -2.44. The molecule has 0 radical (unpaired) electrons. The molecule has 0 spiro atoms. The molecule has 4 heterocycles. The molecular formula is C25H25ClN4O3S3. The minimum Gasteiger partial charge on any atom is -0.283 e. The highest BCUT2D eigenvalue weighted by Crippen LogP contribution is 2.35. The van der Waals surface area contributed by atoms with Gasteiger partial charge in [0.25, 0.3) is 10.0 Å². The summed E-state index contributed by atoms with van der Waals surface area (Å²) in [5, 5.41) is 0.645. The number of anilines is 1. The number of aryl methyl sites for hydroxylation is 2. The van der Waals surface area contributed by atoms with E-state index in [2.05, 4.69) is 31.0 Å². The number of pyridine rings is 1. The van der Waals surface area contributed by atoms with Crippen molar-refractivity contribution in [3.63, 3.8) is 0 Å². The van der Waals surface area contributed by atoms with Gasteiger partial charge in [-0.1, -0.05) is 29.0 Å². The average molecular weight is 561 g/mol. The molecule has 0 atom stereocenters. The number of halogens is 1. The Labute approximate surface area is 223 Å². The third kappa shape index (κ3) is 5.05. The maximum Gasteiger partial charge on any atom is 0.252 e. The Morgan fingerprint density at radius 3 is 2.56 bits per heavy atom. The summed E-state index contributed by atoms with van der Waals surface area (Å²) in [6.07, 6.45) is 4.35. The zero-order valence-electron chi connectivity index (χ0n) is 19.8. The fourth-order valence-corrected chi connectivity index (χ4v) is 8.48. The van der Waals surface area contributed by atoms with E-state index in [4.69, 9.17) is 16.6 Å². The van der Waals surface area contributed by atoms with Crippen LogP contribution in [0.25, 0.3) is 10.2 Å². The molecule has 0 saturated carbocycles. The molecule has 36 heavy (non-hydrogen) atoms. The first-order valence-corrected chi connectivity index (χ1v) is 15.0. The second kappa shape index (κ2) is 10.2. The van der Waals surface area contributed by atoms with Crippen LogP contribution < -0.4 is 4.90 Å². The van der Waals surface area contributed by atoms with Crippen LogP contribution in [0.15, 0.2) is 53.0 Å². The highest BCUT2D eigenvalue weighted by atomic mass is 35.5. The SMILES string of the molecule is Cc1cc2nc(N(Cc3cccnc3)C(=O)C3CCN(S(=O)(=O)c4ccc(Cl)s4)CC3)sc2cc1C. The molecule has 1 aliphatic heterocycles. The molecule has 1 saturated heterocycles. The Kier molecular flexibility index (Phi) is 7.15. The summed E-state index contributed by atoms with van der Waals surface area (Å²) in [4.78, 5) is 24.6. The molecule has 3 aromatic heterocycles. The number of benzene rings is 1. The molecule has 1 amide bonds. The number of piperidine rings is 1. The van der Waals surface area contributed by atoms with Crippen LogP contribution in [-0.4, -0.2) is 41.7 Å². The molecule has 0 unspecified atom stereocenters. The van der Waals surface area contributed by atoms with E-state index in [0.717, 1.165) is 32.7 Å². The van der Waals surface area contributed by atoms with E-state index in [1.54, 1.807) is 23.4 Å². The number of nitrogens with zero attached hydrogens (tertiary/aromatic N) is 4. The Morgan fingerprint density at radius 2 is 1.89 bits per heavy atom. The average Bonchev–Trinajstić information content (AvgIpc) is 3.49. The quantitative estimate of drug-likeness (QED) is 0.304. The molecule has 1 aliphatic rings. The molecule has 188 valence electrons. The number of thiophene rings is 1. The maximum atomic E-state index is 13.8.